The number of furan rings is 1. The molecule has 0 aromatic carbocycles. The van der Waals surface area contributed by atoms with Crippen molar-refractivity contribution in [2.75, 3.05) is 6.61 Å². The fraction of sp³-hybridized carbons (Fsp3) is 0.625. The fourth-order valence-electron chi connectivity index (χ4n) is 3.18. The summed E-state index contributed by atoms with van der Waals surface area (Å²) < 4.78 is 10.2. The summed E-state index contributed by atoms with van der Waals surface area (Å²) in [7, 11) is 0. The van der Waals surface area contributed by atoms with Gasteiger partial charge in [0.05, 0.1) is 25.0 Å². The summed E-state index contributed by atoms with van der Waals surface area (Å²) >= 11 is 0. The maximum absolute atomic E-state index is 9.83. The Bertz CT molecular complexity index is 575. The topological polar surface area (TPSA) is 84.3 Å². The maximum Gasteiger partial charge on any atom is 0.261 e. The molecular formula is C16H23N3O3. The van der Waals surface area contributed by atoms with Gasteiger partial charge in [0, 0.05) is 5.54 Å². The monoisotopic (exact) mass is 305 g/mol. The molecule has 2 aromatic heterocycles. The Balaban J connectivity index is 1.63. The molecule has 3 rings (SSSR count). The highest BCUT2D eigenvalue weighted by Gasteiger charge is 2.34. The lowest BCUT2D eigenvalue weighted by Gasteiger charge is -2.39. The van der Waals surface area contributed by atoms with Crippen LogP contribution in [0.2, 0.25) is 0 Å². The molecule has 1 fully saturated rings. The van der Waals surface area contributed by atoms with Crippen molar-refractivity contribution >= 4 is 0 Å². The van der Waals surface area contributed by atoms with Crippen LogP contribution >= 0.6 is 0 Å². The quantitative estimate of drug-likeness (QED) is 0.853. The number of aliphatic hydroxyl groups excluding tert-OH is 1. The lowest BCUT2D eigenvalue weighted by Crippen LogP contribution is -2.52. The maximum atomic E-state index is 9.83. The molecule has 22 heavy (non-hydrogen) atoms. The van der Waals surface area contributed by atoms with E-state index >= 15 is 0 Å². The summed E-state index contributed by atoms with van der Waals surface area (Å²) in [6, 6.07) is 1.78. The summed E-state index contributed by atoms with van der Waals surface area (Å²) in [4.78, 5) is 4.35. The SMILES string of the molecule is C[C@@](CO)(NCc1noc(-c2ccoc2)n1)C1CCCCC1. The van der Waals surface area contributed by atoms with Crippen LogP contribution in [-0.2, 0) is 6.54 Å². The van der Waals surface area contributed by atoms with Crippen molar-refractivity contribution < 1.29 is 14.0 Å². The molecule has 1 aliphatic carbocycles. The molecule has 0 saturated heterocycles. The number of aliphatic hydroxyl groups is 1. The highest BCUT2D eigenvalue weighted by Crippen LogP contribution is 2.32. The van der Waals surface area contributed by atoms with Crippen LogP contribution in [0.4, 0.5) is 0 Å². The summed E-state index contributed by atoms with van der Waals surface area (Å²) in [5, 5.41) is 17.2. The van der Waals surface area contributed by atoms with Crippen LogP contribution in [0.3, 0.4) is 0 Å². The third-order valence-electron chi connectivity index (χ3n) is 4.72. The van der Waals surface area contributed by atoms with E-state index in [0.29, 0.717) is 24.2 Å². The van der Waals surface area contributed by atoms with Crippen LogP contribution in [0.25, 0.3) is 11.5 Å². The molecule has 2 aromatic rings. The largest absolute Gasteiger partial charge is 0.472 e. The van der Waals surface area contributed by atoms with Crippen LogP contribution in [-0.4, -0.2) is 27.4 Å². The van der Waals surface area contributed by atoms with Gasteiger partial charge in [-0.25, -0.2) is 0 Å². The molecule has 0 radical (unpaired) electrons. The highest BCUT2D eigenvalue weighted by molar-refractivity contribution is 5.49. The minimum absolute atomic E-state index is 0.115. The van der Waals surface area contributed by atoms with Gasteiger partial charge in [0.2, 0.25) is 0 Å². The molecule has 0 bridgehead atoms. The van der Waals surface area contributed by atoms with Crippen LogP contribution in [0.1, 0.15) is 44.9 Å². The van der Waals surface area contributed by atoms with E-state index in [2.05, 4.69) is 22.4 Å². The predicted octanol–water partition coefficient (Wildman–Crippen LogP) is 2.75. The first-order valence-corrected chi connectivity index (χ1v) is 7.92. The molecule has 1 atom stereocenters. The second-order valence-corrected chi connectivity index (χ2v) is 6.29. The molecule has 1 saturated carbocycles. The number of aromatic nitrogens is 2. The van der Waals surface area contributed by atoms with Crippen molar-refractivity contribution in [3.8, 4) is 11.5 Å². The molecule has 0 unspecified atom stereocenters. The Morgan fingerprint density at radius 2 is 2.18 bits per heavy atom. The van der Waals surface area contributed by atoms with E-state index < -0.39 is 0 Å². The van der Waals surface area contributed by atoms with E-state index in [1.165, 1.54) is 19.3 Å². The summed E-state index contributed by atoms with van der Waals surface area (Å²) in [5.41, 5.74) is 0.479. The van der Waals surface area contributed by atoms with Gasteiger partial charge in [-0.3, -0.25) is 0 Å². The molecule has 0 aliphatic heterocycles. The minimum atomic E-state index is -0.295. The molecule has 2 heterocycles. The van der Waals surface area contributed by atoms with Crippen molar-refractivity contribution in [3.05, 3.63) is 24.4 Å². The predicted molar refractivity (Wildman–Crippen MR) is 80.9 cm³/mol. The van der Waals surface area contributed by atoms with E-state index in [4.69, 9.17) is 8.94 Å². The lowest BCUT2D eigenvalue weighted by molar-refractivity contribution is 0.0928. The molecule has 6 heteroatoms. The van der Waals surface area contributed by atoms with Crippen LogP contribution in [0, 0.1) is 5.92 Å². The zero-order chi connectivity index (χ0) is 15.4. The van der Waals surface area contributed by atoms with Gasteiger partial charge in [0.15, 0.2) is 5.82 Å². The van der Waals surface area contributed by atoms with E-state index in [-0.39, 0.29) is 12.1 Å². The van der Waals surface area contributed by atoms with Gasteiger partial charge in [-0.2, -0.15) is 4.98 Å². The normalized spacial score (nSPS) is 19.2. The molecule has 0 spiro atoms. The van der Waals surface area contributed by atoms with Crippen molar-refractivity contribution in [3.63, 3.8) is 0 Å². The molecule has 0 amide bonds. The van der Waals surface area contributed by atoms with Crippen LogP contribution < -0.4 is 5.32 Å². The van der Waals surface area contributed by atoms with E-state index in [1.807, 2.05) is 0 Å². The number of hydrogen-bond donors (Lipinski definition) is 2. The standard InChI is InChI=1S/C16H23N3O3/c1-16(11-20,13-5-3-2-4-6-13)17-9-14-18-15(22-19-14)12-7-8-21-10-12/h7-8,10,13,17,20H,2-6,9,11H2,1H3/t16-/m0/s1. The summed E-state index contributed by atoms with van der Waals surface area (Å²) in [6.07, 6.45) is 9.27. The van der Waals surface area contributed by atoms with Gasteiger partial charge in [-0.1, -0.05) is 24.4 Å². The first-order valence-electron chi connectivity index (χ1n) is 7.92. The fourth-order valence-corrected chi connectivity index (χ4v) is 3.18. The average molecular weight is 305 g/mol. The Kier molecular flexibility index (Phi) is 4.59. The van der Waals surface area contributed by atoms with Crippen LogP contribution in [0.15, 0.2) is 27.5 Å². The smallest absolute Gasteiger partial charge is 0.261 e. The lowest BCUT2D eigenvalue weighted by atomic mass is 9.76. The highest BCUT2D eigenvalue weighted by atomic mass is 16.5. The third-order valence-corrected chi connectivity index (χ3v) is 4.72. The van der Waals surface area contributed by atoms with Crippen molar-refractivity contribution in [1.82, 2.24) is 15.5 Å². The van der Waals surface area contributed by atoms with Gasteiger partial charge in [0.1, 0.15) is 6.26 Å². The van der Waals surface area contributed by atoms with Gasteiger partial charge in [0.25, 0.3) is 5.89 Å². The van der Waals surface area contributed by atoms with Gasteiger partial charge < -0.3 is 19.4 Å². The zero-order valence-electron chi connectivity index (χ0n) is 12.9. The summed E-state index contributed by atoms with van der Waals surface area (Å²) in [6.45, 7) is 2.68. The van der Waals surface area contributed by atoms with E-state index in [1.54, 1.807) is 18.6 Å². The van der Waals surface area contributed by atoms with E-state index in [9.17, 15) is 5.11 Å². The minimum Gasteiger partial charge on any atom is -0.472 e. The number of hydrogen-bond acceptors (Lipinski definition) is 6. The zero-order valence-corrected chi connectivity index (χ0v) is 12.9. The second-order valence-electron chi connectivity index (χ2n) is 6.29. The Hall–Kier alpha value is -1.66. The Morgan fingerprint density at radius 1 is 1.36 bits per heavy atom. The molecule has 2 N–H and O–H groups in total. The molecular weight excluding hydrogens is 282 g/mol. The van der Waals surface area contributed by atoms with Gasteiger partial charge in [-0.15, -0.1) is 0 Å². The van der Waals surface area contributed by atoms with Gasteiger partial charge >= 0.3 is 0 Å². The third kappa shape index (κ3) is 3.23. The van der Waals surface area contributed by atoms with Crippen LogP contribution in [0.5, 0.6) is 0 Å². The second kappa shape index (κ2) is 6.62. The molecule has 6 nitrogen and oxygen atoms in total. The van der Waals surface area contributed by atoms with Crippen molar-refractivity contribution in [2.24, 2.45) is 5.92 Å². The molecule has 120 valence electrons. The summed E-state index contributed by atoms with van der Waals surface area (Å²) in [5.74, 6) is 1.53. The number of nitrogens with zero attached hydrogens (tertiary/aromatic N) is 2. The average Bonchev–Trinajstić information content (AvgIpc) is 3.24. The molecule has 1 aliphatic rings. The first kappa shape index (κ1) is 15.2. The van der Waals surface area contributed by atoms with E-state index in [0.717, 1.165) is 18.4 Å². The Morgan fingerprint density at radius 3 is 2.86 bits per heavy atom. The Labute approximate surface area is 129 Å². The van der Waals surface area contributed by atoms with Crippen molar-refractivity contribution in [2.45, 2.75) is 51.1 Å². The van der Waals surface area contributed by atoms with Crippen molar-refractivity contribution in [1.29, 1.82) is 0 Å². The number of rotatable bonds is 6. The first-order chi connectivity index (χ1) is 10.7. The van der Waals surface area contributed by atoms with Gasteiger partial charge in [-0.05, 0) is 31.7 Å². The number of nitrogens with one attached hydrogen (secondary N) is 1.